The molecule has 0 spiro atoms. The molecule has 1 aliphatic heterocycles. The maximum atomic E-state index is 13.0. The van der Waals surface area contributed by atoms with Gasteiger partial charge in [0.05, 0.1) is 5.70 Å². The van der Waals surface area contributed by atoms with Gasteiger partial charge in [-0.1, -0.05) is 84.5 Å². The van der Waals surface area contributed by atoms with Crippen molar-refractivity contribution < 1.29 is 4.79 Å². The summed E-state index contributed by atoms with van der Waals surface area (Å²) >= 11 is 0. The molecule has 0 unspecified atom stereocenters. The van der Waals surface area contributed by atoms with Crippen molar-refractivity contribution in [2.24, 2.45) is 0 Å². The van der Waals surface area contributed by atoms with Crippen molar-refractivity contribution in [1.29, 1.82) is 0 Å². The Bertz CT molecular complexity index is 1100. The molecule has 5 rings (SSSR count). The Balaban J connectivity index is 1.49. The summed E-state index contributed by atoms with van der Waals surface area (Å²) in [6.45, 7) is 2.25. The van der Waals surface area contributed by atoms with Crippen LogP contribution in [0.4, 0.5) is 5.95 Å². The largest absolute Gasteiger partial charge is 0.352 e. The van der Waals surface area contributed by atoms with Crippen LogP contribution in [0.15, 0.2) is 60.7 Å². The van der Waals surface area contributed by atoms with Crippen molar-refractivity contribution in [2.45, 2.75) is 51.1 Å². The van der Waals surface area contributed by atoms with E-state index in [-0.39, 0.29) is 24.5 Å². The summed E-state index contributed by atoms with van der Waals surface area (Å²) < 4.78 is 1.80. The van der Waals surface area contributed by atoms with Gasteiger partial charge in [0.15, 0.2) is 0 Å². The van der Waals surface area contributed by atoms with E-state index in [9.17, 15) is 4.79 Å². The monoisotopic (exact) mass is 428 g/mol. The number of carbonyl (C=O) groups is 1. The predicted octanol–water partition coefficient (Wildman–Crippen LogP) is 3.88. The third kappa shape index (κ3) is 4.15. The molecule has 1 fully saturated rings. The van der Waals surface area contributed by atoms with Gasteiger partial charge in [0.25, 0.3) is 5.95 Å². The highest BCUT2D eigenvalue weighted by Crippen LogP contribution is 2.36. The minimum atomic E-state index is -0.145. The van der Waals surface area contributed by atoms with E-state index in [1.807, 2.05) is 23.1 Å². The minimum absolute atomic E-state index is 0.00191. The smallest absolute Gasteiger partial charge is 0.251 e. The first-order valence-corrected chi connectivity index (χ1v) is 11.4. The molecule has 1 atom stereocenters. The number of hydrogen-bond donors (Lipinski definition) is 1. The Kier molecular flexibility index (Phi) is 5.71. The summed E-state index contributed by atoms with van der Waals surface area (Å²) in [5.74, 6) is 0.581. The number of anilines is 1. The van der Waals surface area contributed by atoms with Crippen LogP contribution < -0.4 is 10.2 Å². The van der Waals surface area contributed by atoms with Crippen LogP contribution in [-0.2, 0) is 4.79 Å². The van der Waals surface area contributed by atoms with Gasteiger partial charge in [-0.25, -0.2) is 0 Å². The van der Waals surface area contributed by atoms with Gasteiger partial charge in [-0.3, -0.25) is 9.69 Å². The molecule has 7 heteroatoms. The van der Waals surface area contributed by atoms with Gasteiger partial charge in [-0.15, -0.1) is 0 Å². The molecule has 2 heterocycles. The van der Waals surface area contributed by atoms with Crippen molar-refractivity contribution in [2.75, 3.05) is 11.4 Å². The van der Waals surface area contributed by atoms with Gasteiger partial charge in [-0.2, -0.15) is 4.68 Å². The van der Waals surface area contributed by atoms with Crippen molar-refractivity contribution >= 4 is 17.6 Å². The second-order valence-electron chi connectivity index (χ2n) is 8.69. The van der Waals surface area contributed by atoms with Crippen LogP contribution in [0, 0.1) is 6.92 Å². The summed E-state index contributed by atoms with van der Waals surface area (Å²) in [4.78, 5) is 14.9. The van der Waals surface area contributed by atoms with Crippen LogP contribution >= 0.6 is 0 Å². The van der Waals surface area contributed by atoms with Gasteiger partial charge < -0.3 is 5.32 Å². The quantitative estimate of drug-likeness (QED) is 0.667. The van der Waals surface area contributed by atoms with E-state index in [4.69, 9.17) is 0 Å². The third-order valence-electron chi connectivity index (χ3n) is 6.35. The lowest BCUT2D eigenvalue weighted by Gasteiger charge is -2.33. The molecule has 0 saturated heterocycles. The number of tetrazole rings is 1. The Morgan fingerprint density at radius 2 is 1.78 bits per heavy atom. The molecule has 2 aromatic carbocycles. The van der Waals surface area contributed by atoms with Crippen molar-refractivity contribution in [3.63, 3.8) is 0 Å². The van der Waals surface area contributed by atoms with Crippen LogP contribution in [0.25, 0.3) is 5.70 Å². The second kappa shape index (κ2) is 8.94. The van der Waals surface area contributed by atoms with E-state index < -0.39 is 0 Å². The zero-order valence-corrected chi connectivity index (χ0v) is 18.3. The number of allylic oxidation sites excluding steroid dienone is 1. The number of aromatic nitrogens is 4. The van der Waals surface area contributed by atoms with E-state index in [1.165, 1.54) is 24.8 Å². The molecule has 7 nitrogen and oxygen atoms in total. The molecule has 1 amide bonds. The van der Waals surface area contributed by atoms with Crippen molar-refractivity contribution in [3.8, 4) is 0 Å². The maximum absolute atomic E-state index is 13.0. The van der Waals surface area contributed by atoms with Gasteiger partial charge in [-0.05, 0) is 47.4 Å². The number of benzene rings is 2. The Morgan fingerprint density at radius 3 is 2.53 bits per heavy atom. The molecule has 1 aromatic heterocycles. The number of amides is 1. The average Bonchev–Trinajstić information content (AvgIpc) is 3.31. The summed E-state index contributed by atoms with van der Waals surface area (Å²) in [5, 5.41) is 15.8. The second-order valence-corrected chi connectivity index (χ2v) is 8.69. The standard InChI is InChI=1S/C25H28N6O/c1-18-12-14-20(15-13-18)23-16-22(19-8-4-2-5-9-19)30(25-27-28-29-31(23)25)17-24(32)26-21-10-6-3-7-11-21/h2,4-5,8-9,12-16,21,23H,3,6-7,10-11,17H2,1H3,(H,26,32)/t23-/m0/s1. The fraction of sp³-hybridized carbons (Fsp3) is 0.360. The number of fused-ring (bicyclic) bond motifs is 1. The van der Waals surface area contributed by atoms with E-state index in [0.717, 1.165) is 29.7 Å². The van der Waals surface area contributed by atoms with E-state index in [0.29, 0.717) is 5.95 Å². The first-order chi connectivity index (χ1) is 15.7. The normalized spacial score (nSPS) is 18.7. The van der Waals surface area contributed by atoms with Crippen molar-refractivity contribution in [1.82, 2.24) is 25.5 Å². The SMILES string of the molecule is Cc1ccc([C@@H]2C=C(c3ccccc3)N(CC(=O)NC3CCCCC3)c3nnnn32)cc1. The number of nitrogens with zero attached hydrogens (tertiary/aromatic N) is 5. The van der Waals surface area contributed by atoms with Crippen LogP contribution in [0.3, 0.4) is 0 Å². The molecule has 1 saturated carbocycles. The molecule has 32 heavy (non-hydrogen) atoms. The molecular formula is C25H28N6O. The minimum Gasteiger partial charge on any atom is -0.352 e. The lowest BCUT2D eigenvalue weighted by molar-refractivity contribution is -0.120. The lowest BCUT2D eigenvalue weighted by atomic mass is 9.95. The molecule has 2 aliphatic rings. The molecule has 3 aromatic rings. The van der Waals surface area contributed by atoms with Gasteiger partial charge in [0.2, 0.25) is 5.91 Å². The molecule has 1 N–H and O–H groups in total. The van der Waals surface area contributed by atoms with Gasteiger partial charge >= 0.3 is 0 Å². The molecule has 0 radical (unpaired) electrons. The first kappa shape index (κ1) is 20.4. The van der Waals surface area contributed by atoms with Crippen LogP contribution in [-0.4, -0.2) is 38.7 Å². The Hall–Kier alpha value is -3.48. The summed E-state index contributed by atoms with van der Waals surface area (Å²) in [5.41, 5.74) is 4.28. The number of aryl methyl sites for hydroxylation is 1. The highest BCUT2D eigenvalue weighted by atomic mass is 16.2. The Labute approximate surface area is 188 Å². The highest BCUT2D eigenvalue weighted by Gasteiger charge is 2.32. The number of nitrogens with one attached hydrogen (secondary N) is 1. The third-order valence-corrected chi connectivity index (χ3v) is 6.35. The van der Waals surface area contributed by atoms with Crippen LogP contribution in [0.1, 0.15) is 54.8 Å². The number of carbonyl (C=O) groups excluding carboxylic acids is 1. The molecule has 0 bridgehead atoms. The van der Waals surface area contributed by atoms with E-state index in [1.54, 1.807) is 4.68 Å². The predicted molar refractivity (Wildman–Crippen MR) is 124 cm³/mol. The maximum Gasteiger partial charge on any atom is 0.251 e. The fourth-order valence-corrected chi connectivity index (χ4v) is 4.65. The average molecular weight is 429 g/mol. The van der Waals surface area contributed by atoms with E-state index >= 15 is 0 Å². The lowest BCUT2D eigenvalue weighted by Crippen LogP contribution is -2.44. The topological polar surface area (TPSA) is 75.9 Å². The van der Waals surface area contributed by atoms with E-state index in [2.05, 4.69) is 70.2 Å². The zero-order chi connectivity index (χ0) is 21.9. The van der Waals surface area contributed by atoms with Gasteiger partial charge in [0, 0.05) is 6.04 Å². The molecule has 164 valence electrons. The number of rotatable bonds is 5. The number of hydrogen-bond acceptors (Lipinski definition) is 5. The first-order valence-electron chi connectivity index (χ1n) is 11.4. The molecular weight excluding hydrogens is 400 g/mol. The zero-order valence-electron chi connectivity index (χ0n) is 18.3. The van der Waals surface area contributed by atoms with Crippen LogP contribution in [0.2, 0.25) is 0 Å². The Morgan fingerprint density at radius 1 is 1.03 bits per heavy atom. The fourth-order valence-electron chi connectivity index (χ4n) is 4.65. The van der Waals surface area contributed by atoms with Crippen molar-refractivity contribution in [3.05, 3.63) is 77.4 Å². The summed E-state index contributed by atoms with van der Waals surface area (Å²) in [6, 6.07) is 18.7. The van der Waals surface area contributed by atoms with Crippen LogP contribution in [0.5, 0.6) is 0 Å². The molecule has 1 aliphatic carbocycles. The highest BCUT2D eigenvalue weighted by molar-refractivity contribution is 5.89. The van der Waals surface area contributed by atoms with Gasteiger partial charge in [0.1, 0.15) is 12.6 Å². The summed E-state index contributed by atoms with van der Waals surface area (Å²) in [7, 11) is 0. The summed E-state index contributed by atoms with van der Waals surface area (Å²) in [6.07, 6.45) is 7.88.